The van der Waals surface area contributed by atoms with Crippen LogP contribution in [0.15, 0.2) is 52.2 Å². The fourth-order valence-electron chi connectivity index (χ4n) is 2.36. The second kappa shape index (κ2) is 8.02. The predicted molar refractivity (Wildman–Crippen MR) is 97.2 cm³/mol. The van der Waals surface area contributed by atoms with Crippen LogP contribution < -0.4 is 5.32 Å². The van der Waals surface area contributed by atoms with Crippen LogP contribution in [0.3, 0.4) is 0 Å². The molecule has 0 bridgehead atoms. The highest BCUT2D eigenvalue weighted by atomic mass is 32.2. The van der Waals surface area contributed by atoms with Crippen molar-refractivity contribution in [3.8, 4) is 11.4 Å². The summed E-state index contributed by atoms with van der Waals surface area (Å²) in [5.41, 5.74) is 2.26. The predicted octanol–water partition coefficient (Wildman–Crippen LogP) is 3.60. The van der Waals surface area contributed by atoms with Crippen LogP contribution in [0.4, 0.5) is 0 Å². The zero-order chi connectivity index (χ0) is 17.6. The molecule has 2 N–H and O–H groups in total. The zero-order valence-electron chi connectivity index (χ0n) is 14.2. The van der Waals surface area contributed by atoms with Gasteiger partial charge in [-0.3, -0.25) is 9.89 Å². The number of nitrogens with zero attached hydrogens (tertiary/aromatic N) is 2. The molecule has 130 valence electrons. The van der Waals surface area contributed by atoms with Crippen LogP contribution in [0.25, 0.3) is 11.4 Å². The first-order valence-corrected chi connectivity index (χ1v) is 9.11. The van der Waals surface area contributed by atoms with E-state index >= 15 is 0 Å². The van der Waals surface area contributed by atoms with Gasteiger partial charge < -0.3 is 9.73 Å². The molecule has 0 spiro atoms. The molecule has 0 aliphatic heterocycles. The van der Waals surface area contributed by atoms with Crippen LogP contribution in [-0.2, 0) is 11.2 Å². The van der Waals surface area contributed by atoms with E-state index in [1.165, 1.54) is 17.3 Å². The molecule has 0 radical (unpaired) electrons. The topological polar surface area (TPSA) is 83.8 Å². The summed E-state index contributed by atoms with van der Waals surface area (Å²) in [6.07, 6.45) is 2.60. The van der Waals surface area contributed by atoms with Crippen molar-refractivity contribution in [1.29, 1.82) is 0 Å². The third-order valence-electron chi connectivity index (χ3n) is 3.78. The molecule has 6 nitrogen and oxygen atoms in total. The molecule has 3 rings (SSSR count). The van der Waals surface area contributed by atoms with Crippen LogP contribution >= 0.6 is 11.8 Å². The maximum absolute atomic E-state index is 12.0. The van der Waals surface area contributed by atoms with E-state index in [2.05, 4.69) is 39.6 Å². The summed E-state index contributed by atoms with van der Waals surface area (Å²) in [5, 5.41) is 10.5. The standard InChI is InChI=1S/C18H20N4O2S/c1-3-13-6-8-14(9-7-13)17-20-18(22-21-17)25-11-16(23)19-12(2)15-5-4-10-24-15/h4-10,12H,3,11H2,1-2H3,(H,19,23)(H,20,21,22)/t12-/m0/s1. The summed E-state index contributed by atoms with van der Waals surface area (Å²) in [6, 6.07) is 11.7. The van der Waals surface area contributed by atoms with Gasteiger partial charge in [0, 0.05) is 5.56 Å². The molecule has 2 aromatic heterocycles. The lowest BCUT2D eigenvalue weighted by Crippen LogP contribution is -2.27. The minimum absolute atomic E-state index is 0.0902. The van der Waals surface area contributed by atoms with Gasteiger partial charge in [0.05, 0.1) is 18.1 Å². The minimum Gasteiger partial charge on any atom is -0.467 e. The van der Waals surface area contributed by atoms with Crippen molar-refractivity contribution < 1.29 is 9.21 Å². The largest absolute Gasteiger partial charge is 0.467 e. The van der Waals surface area contributed by atoms with Gasteiger partial charge in [-0.15, -0.1) is 5.10 Å². The molecular weight excluding hydrogens is 336 g/mol. The number of carbonyl (C=O) groups is 1. The fraction of sp³-hybridized carbons (Fsp3) is 0.278. The van der Waals surface area contributed by atoms with E-state index < -0.39 is 0 Å². The maximum Gasteiger partial charge on any atom is 0.231 e. The van der Waals surface area contributed by atoms with Crippen LogP contribution in [0.1, 0.15) is 31.2 Å². The van der Waals surface area contributed by atoms with Crippen molar-refractivity contribution in [2.45, 2.75) is 31.5 Å². The molecule has 0 saturated heterocycles. The van der Waals surface area contributed by atoms with Crippen molar-refractivity contribution in [3.63, 3.8) is 0 Å². The number of benzene rings is 1. The van der Waals surface area contributed by atoms with E-state index in [4.69, 9.17) is 4.42 Å². The van der Waals surface area contributed by atoms with Crippen molar-refractivity contribution in [2.75, 3.05) is 5.75 Å². The molecular formula is C18H20N4O2S. The molecule has 25 heavy (non-hydrogen) atoms. The molecule has 1 aromatic carbocycles. The number of rotatable bonds is 7. The Hall–Kier alpha value is -2.54. The molecule has 1 atom stereocenters. The smallest absolute Gasteiger partial charge is 0.231 e. The number of aryl methyl sites for hydroxylation is 1. The van der Waals surface area contributed by atoms with E-state index in [1.54, 1.807) is 12.3 Å². The number of nitrogens with one attached hydrogen (secondary N) is 2. The van der Waals surface area contributed by atoms with Gasteiger partial charge in [-0.25, -0.2) is 4.98 Å². The second-order valence-electron chi connectivity index (χ2n) is 5.61. The molecule has 3 aromatic rings. The van der Waals surface area contributed by atoms with Crippen molar-refractivity contribution in [2.24, 2.45) is 0 Å². The summed E-state index contributed by atoms with van der Waals surface area (Å²) < 4.78 is 5.28. The summed E-state index contributed by atoms with van der Waals surface area (Å²) in [6.45, 7) is 4.00. The van der Waals surface area contributed by atoms with E-state index in [9.17, 15) is 4.79 Å². The molecule has 0 aliphatic rings. The minimum atomic E-state index is -0.164. The van der Waals surface area contributed by atoms with Gasteiger partial charge in [0.1, 0.15) is 5.76 Å². The van der Waals surface area contributed by atoms with Gasteiger partial charge in [-0.05, 0) is 31.0 Å². The van der Waals surface area contributed by atoms with Gasteiger partial charge in [0.2, 0.25) is 11.1 Å². The number of hydrogen-bond acceptors (Lipinski definition) is 5. The monoisotopic (exact) mass is 356 g/mol. The normalized spacial score (nSPS) is 12.1. The summed E-state index contributed by atoms with van der Waals surface area (Å²) in [4.78, 5) is 16.5. The van der Waals surface area contributed by atoms with Gasteiger partial charge in [-0.2, -0.15) is 0 Å². The number of aromatic amines is 1. The Morgan fingerprint density at radius 1 is 1.32 bits per heavy atom. The first kappa shape index (κ1) is 17.3. The highest BCUT2D eigenvalue weighted by Gasteiger charge is 2.13. The lowest BCUT2D eigenvalue weighted by Gasteiger charge is -2.10. The Labute approximate surface area is 150 Å². The van der Waals surface area contributed by atoms with Crippen molar-refractivity contribution in [3.05, 3.63) is 54.0 Å². The average molecular weight is 356 g/mol. The molecule has 0 aliphatic carbocycles. The van der Waals surface area contributed by atoms with E-state index in [1.807, 2.05) is 25.1 Å². The molecule has 0 fully saturated rings. The molecule has 0 unspecified atom stereocenters. The third-order valence-corrected chi connectivity index (χ3v) is 4.63. The highest BCUT2D eigenvalue weighted by molar-refractivity contribution is 7.99. The number of furan rings is 1. The first-order chi connectivity index (χ1) is 12.2. The lowest BCUT2D eigenvalue weighted by molar-refractivity contribution is -0.119. The maximum atomic E-state index is 12.0. The number of H-pyrrole nitrogens is 1. The average Bonchev–Trinajstić information content (AvgIpc) is 3.32. The van der Waals surface area contributed by atoms with E-state index in [0.717, 1.165) is 17.7 Å². The van der Waals surface area contributed by atoms with Crippen molar-refractivity contribution in [1.82, 2.24) is 20.5 Å². The van der Waals surface area contributed by atoms with Crippen LogP contribution in [0.2, 0.25) is 0 Å². The fourth-order valence-corrected chi connectivity index (χ4v) is 2.97. The van der Waals surface area contributed by atoms with E-state index in [-0.39, 0.29) is 17.7 Å². The Morgan fingerprint density at radius 3 is 2.80 bits per heavy atom. The number of thioether (sulfide) groups is 1. The number of carbonyl (C=O) groups excluding carboxylic acids is 1. The molecule has 0 saturated carbocycles. The third kappa shape index (κ3) is 4.51. The lowest BCUT2D eigenvalue weighted by atomic mass is 10.1. The van der Waals surface area contributed by atoms with Gasteiger partial charge in [-0.1, -0.05) is 43.0 Å². The van der Waals surface area contributed by atoms with Crippen LogP contribution in [-0.4, -0.2) is 26.8 Å². The second-order valence-corrected chi connectivity index (χ2v) is 6.55. The highest BCUT2D eigenvalue weighted by Crippen LogP contribution is 2.20. The Kier molecular flexibility index (Phi) is 5.55. The first-order valence-electron chi connectivity index (χ1n) is 8.13. The van der Waals surface area contributed by atoms with E-state index in [0.29, 0.717) is 11.0 Å². The van der Waals surface area contributed by atoms with Gasteiger partial charge in [0.25, 0.3) is 0 Å². The molecule has 2 heterocycles. The zero-order valence-corrected chi connectivity index (χ0v) is 15.0. The van der Waals surface area contributed by atoms with Crippen LogP contribution in [0.5, 0.6) is 0 Å². The van der Waals surface area contributed by atoms with Crippen molar-refractivity contribution >= 4 is 17.7 Å². The Bertz CT molecular complexity index is 812. The number of amides is 1. The Morgan fingerprint density at radius 2 is 2.12 bits per heavy atom. The van der Waals surface area contributed by atoms with Crippen LogP contribution in [0, 0.1) is 0 Å². The quantitative estimate of drug-likeness (QED) is 0.632. The Balaban J connectivity index is 1.53. The SMILES string of the molecule is CCc1ccc(-c2nc(SCC(=O)N[C@@H](C)c3ccco3)n[nH]2)cc1. The summed E-state index contributed by atoms with van der Waals surface area (Å²) >= 11 is 1.29. The van der Waals surface area contributed by atoms with Gasteiger partial charge in [0.15, 0.2) is 5.82 Å². The summed E-state index contributed by atoms with van der Waals surface area (Å²) in [7, 11) is 0. The number of hydrogen-bond donors (Lipinski definition) is 2. The number of aromatic nitrogens is 3. The summed E-state index contributed by atoms with van der Waals surface area (Å²) in [5.74, 6) is 1.59. The molecule has 7 heteroatoms. The molecule has 1 amide bonds. The van der Waals surface area contributed by atoms with Gasteiger partial charge >= 0.3 is 0 Å².